The molecule has 1 aromatic heterocycles. The topological polar surface area (TPSA) is 24.9 Å². The molecule has 0 amide bonds. The van der Waals surface area contributed by atoms with Gasteiger partial charge in [-0.05, 0) is 30.9 Å². The molecule has 1 aliphatic carbocycles. The standard InChI is InChI=1S/C14H16N2S/c1-15-14(13-8-16-9-17-13)12-7-11(12)10-5-3-2-4-6-10/h2-6,8-9,11-12,14-15H,7H2,1H3. The smallest absolute Gasteiger partial charge is 0.0794 e. The van der Waals surface area contributed by atoms with E-state index in [-0.39, 0.29) is 0 Å². The van der Waals surface area contributed by atoms with Crippen molar-refractivity contribution in [3.05, 3.63) is 52.5 Å². The average molecular weight is 244 g/mol. The van der Waals surface area contributed by atoms with Gasteiger partial charge in [0.2, 0.25) is 0 Å². The third kappa shape index (κ3) is 2.13. The van der Waals surface area contributed by atoms with Crippen LogP contribution >= 0.6 is 11.3 Å². The second kappa shape index (κ2) is 4.59. The lowest BCUT2D eigenvalue weighted by Gasteiger charge is -2.13. The van der Waals surface area contributed by atoms with E-state index in [4.69, 9.17) is 0 Å². The third-order valence-corrected chi connectivity index (χ3v) is 4.42. The molecule has 3 atom stereocenters. The molecule has 3 heteroatoms. The lowest BCUT2D eigenvalue weighted by molar-refractivity contribution is 0.525. The largest absolute Gasteiger partial charge is 0.312 e. The van der Waals surface area contributed by atoms with Crippen LogP contribution in [0.4, 0.5) is 0 Å². The molecule has 1 saturated carbocycles. The van der Waals surface area contributed by atoms with E-state index < -0.39 is 0 Å². The van der Waals surface area contributed by atoms with Crippen molar-refractivity contribution in [3.63, 3.8) is 0 Å². The highest BCUT2D eigenvalue weighted by Gasteiger charge is 2.44. The SMILES string of the molecule is CNC(c1cncs1)C1CC1c1ccccc1. The molecule has 1 N–H and O–H groups in total. The van der Waals surface area contributed by atoms with Crippen LogP contribution in [0.1, 0.15) is 28.8 Å². The Kier molecular flexibility index (Phi) is 2.95. The van der Waals surface area contributed by atoms with Gasteiger partial charge in [0.25, 0.3) is 0 Å². The summed E-state index contributed by atoms with van der Waals surface area (Å²) in [6.07, 6.45) is 3.28. The zero-order valence-electron chi connectivity index (χ0n) is 9.84. The zero-order valence-corrected chi connectivity index (χ0v) is 10.7. The Morgan fingerprint density at radius 1 is 1.35 bits per heavy atom. The van der Waals surface area contributed by atoms with Crippen LogP contribution in [-0.2, 0) is 0 Å². The second-order valence-electron chi connectivity index (χ2n) is 4.59. The van der Waals surface area contributed by atoms with Gasteiger partial charge in [0, 0.05) is 17.1 Å². The van der Waals surface area contributed by atoms with Crippen molar-refractivity contribution in [2.75, 3.05) is 7.05 Å². The lowest BCUT2D eigenvalue weighted by atomic mass is 10.0. The fourth-order valence-electron chi connectivity index (χ4n) is 2.61. The average Bonchev–Trinajstić information content (AvgIpc) is 2.97. The molecule has 2 aromatic rings. The molecule has 17 heavy (non-hydrogen) atoms. The molecule has 1 aliphatic rings. The summed E-state index contributed by atoms with van der Waals surface area (Å²) in [5.74, 6) is 1.44. The van der Waals surface area contributed by atoms with Gasteiger partial charge in [0.05, 0.1) is 5.51 Å². The van der Waals surface area contributed by atoms with E-state index in [0.29, 0.717) is 6.04 Å². The molecular weight excluding hydrogens is 228 g/mol. The number of thiazole rings is 1. The summed E-state index contributed by atoms with van der Waals surface area (Å²) in [5.41, 5.74) is 3.39. The predicted octanol–water partition coefficient (Wildman–Crippen LogP) is 3.21. The first-order chi connectivity index (χ1) is 8.40. The van der Waals surface area contributed by atoms with E-state index in [0.717, 1.165) is 11.8 Å². The van der Waals surface area contributed by atoms with E-state index in [9.17, 15) is 0 Å². The molecule has 0 aliphatic heterocycles. The van der Waals surface area contributed by atoms with Crippen LogP contribution < -0.4 is 5.32 Å². The van der Waals surface area contributed by atoms with Crippen molar-refractivity contribution in [2.45, 2.75) is 18.4 Å². The molecule has 88 valence electrons. The number of nitrogens with zero attached hydrogens (tertiary/aromatic N) is 1. The molecule has 3 unspecified atom stereocenters. The van der Waals surface area contributed by atoms with Crippen LogP contribution in [0.3, 0.4) is 0 Å². The molecular formula is C14H16N2S. The van der Waals surface area contributed by atoms with E-state index in [1.165, 1.54) is 16.9 Å². The van der Waals surface area contributed by atoms with Crippen LogP contribution in [0.25, 0.3) is 0 Å². The van der Waals surface area contributed by atoms with Crippen molar-refractivity contribution in [3.8, 4) is 0 Å². The maximum Gasteiger partial charge on any atom is 0.0794 e. The Labute approximate surface area is 106 Å². The van der Waals surface area contributed by atoms with Crippen LogP contribution in [0, 0.1) is 5.92 Å². The van der Waals surface area contributed by atoms with E-state index in [1.807, 2.05) is 18.8 Å². The Hall–Kier alpha value is -1.19. The Balaban J connectivity index is 1.75. The summed E-state index contributed by atoms with van der Waals surface area (Å²) in [6.45, 7) is 0. The number of aromatic nitrogens is 1. The minimum absolute atomic E-state index is 0.465. The van der Waals surface area contributed by atoms with Crippen LogP contribution in [0.2, 0.25) is 0 Å². The minimum atomic E-state index is 0.465. The Bertz CT molecular complexity index is 466. The maximum atomic E-state index is 4.18. The second-order valence-corrected chi connectivity index (χ2v) is 5.50. The monoisotopic (exact) mass is 244 g/mol. The fraction of sp³-hybridized carbons (Fsp3) is 0.357. The summed E-state index contributed by atoms with van der Waals surface area (Å²) in [4.78, 5) is 5.53. The van der Waals surface area contributed by atoms with Gasteiger partial charge in [-0.15, -0.1) is 11.3 Å². The van der Waals surface area contributed by atoms with Crippen molar-refractivity contribution in [1.29, 1.82) is 0 Å². The van der Waals surface area contributed by atoms with Gasteiger partial charge in [0.15, 0.2) is 0 Å². The molecule has 0 spiro atoms. The molecule has 2 nitrogen and oxygen atoms in total. The summed E-state index contributed by atoms with van der Waals surface area (Å²) in [7, 11) is 2.05. The van der Waals surface area contributed by atoms with Crippen LogP contribution in [0.5, 0.6) is 0 Å². The van der Waals surface area contributed by atoms with Gasteiger partial charge in [-0.25, -0.2) is 0 Å². The Morgan fingerprint density at radius 2 is 2.18 bits per heavy atom. The normalized spacial score (nSPS) is 24.5. The van der Waals surface area contributed by atoms with Gasteiger partial charge in [-0.3, -0.25) is 4.98 Å². The molecule has 1 fully saturated rings. The first-order valence-electron chi connectivity index (χ1n) is 6.00. The van der Waals surface area contributed by atoms with Crippen molar-refractivity contribution in [1.82, 2.24) is 10.3 Å². The number of nitrogens with one attached hydrogen (secondary N) is 1. The fourth-order valence-corrected chi connectivity index (χ4v) is 3.42. The van der Waals surface area contributed by atoms with Gasteiger partial charge in [0.1, 0.15) is 0 Å². The highest BCUT2D eigenvalue weighted by molar-refractivity contribution is 7.09. The van der Waals surface area contributed by atoms with Crippen molar-refractivity contribution >= 4 is 11.3 Å². The summed E-state index contributed by atoms with van der Waals surface area (Å²) in [5, 5.41) is 3.44. The molecule has 0 saturated heterocycles. The van der Waals surface area contributed by atoms with E-state index >= 15 is 0 Å². The lowest BCUT2D eigenvalue weighted by Crippen LogP contribution is -2.17. The van der Waals surface area contributed by atoms with Crippen molar-refractivity contribution in [2.24, 2.45) is 5.92 Å². The zero-order chi connectivity index (χ0) is 11.7. The molecule has 3 rings (SSSR count). The maximum absolute atomic E-state index is 4.18. The number of rotatable bonds is 4. The molecule has 0 radical (unpaired) electrons. The van der Waals surface area contributed by atoms with Crippen LogP contribution in [-0.4, -0.2) is 12.0 Å². The minimum Gasteiger partial charge on any atom is -0.312 e. The molecule has 0 bridgehead atoms. The quantitative estimate of drug-likeness (QED) is 0.893. The first kappa shape index (κ1) is 10.9. The summed E-state index contributed by atoms with van der Waals surface area (Å²) >= 11 is 1.75. The molecule has 1 heterocycles. The summed E-state index contributed by atoms with van der Waals surface area (Å²) < 4.78 is 0. The number of benzene rings is 1. The first-order valence-corrected chi connectivity index (χ1v) is 6.88. The number of hydrogen-bond acceptors (Lipinski definition) is 3. The highest BCUT2D eigenvalue weighted by Crippen LogP contribution is 2.54. The third-order valence-electron chi connectivity index (χ3n) is 3.56. The van der Waals surface area contributed by atoms with Gasteiger partial charge < -0.3 is 5.32 Å². The van der Waals surface area contributed by atoms with E-state index in [1.54, 1.807) is 11.3 Å². The van der Waals surface area contributed by atoms with Gasteiger partial charge in [-0.1, -0.05) is 30.3 Å². The van der Waals surface area contributed by atoms with Gasteiger partial charge in [-0.2, -0.15) is 0 Å². The van der Waals surface area contributed by atoms with Crippen LogP contribution in [0.15, 0.2) is 42.0 Å². The number of hydrogen-bond donors (Lipinski definition) is 1. The van der Waals surface area contributed by atoms with E-state index in [2.05, 4.69) is 40.6 Å². The highest BCUT2D eigenvalue weighted by atomic mass is 32.1. The van der Waals surface area contributed by atoms with Gasteiger partial charge >= 0.3 is 0 Å². The Morgan fingerprint density at radius 3 is 2.82 bits per heavy atom. The predicted molar refractivity (Wildman–Crippen MR) is 71.2 cm³/mol. The van der Waals surface area contributed by atoms with Crippen molar-refractivity contribution < 1.29 is 0 Å². The molecule has 1 aromatic carbocycles. The summed E-state index contributed by atoms with van der Waals surface area (Å²) in [6, 6.07) is 11.3.